The van der Waals surface area contributed by atoms with Gasteiger partial charge in [-0.2, -0.15) is 0 Å². The first-order chi connectivity index (χ1) is 37.1. The number of nitrogens with zero attached hydrogens (tertiary/aromatic N) is 3. The lowest BCUT2D eigenvalue weighted by molar-refractivity contribution is 1.15. The topological polar surface area (TPSA) is 14.8 Å². The van der Waals surface area contributed by atoms with Crippen molar-refractivity contribution in [2.45, 2.75) is 0 Å². The molecule has 12 aromatic rings. The van der Waals surface area contributed by atoms with Crippen molar-refractivity contribution < 1.29 is 28.8 Å². The minimum Gasteiger partial charge on any atom is -0.309 e. The van der Waals surface area contributed by atoms with E-state index >= 15 is 0 Å². The van der Waals surface area contributed by atoms with E-state index in [0.29, 0.717) is 16.8 Å². The van der Waals surface area contributed by atoms with Gasteiger partial charge in [-0.3, -0.25) is 0 Å². The summed E-state index contributed by atoms with van der Waals surface area (Å²) in [6.45, 7) is 0. The lowest BCUT2D eigenvalue weighted by Gasteiger charge is -2.14. The molecule has 57 heavy (non-hydrogen) atoms. The van der Waals surface area contributed by atoms with Crippen LogP contribution in [0.2, 0.25) is 0 Å². The molecule has 9 aromatic carbocycles. The van der Waals surface area contributed by atoms with Crippen molar-refractivity contribution in [1.82, 2.24) is 13.7 Å². The molecule has 0 bridgehead atoms. The first kappa shape index (κ1) is 17.5. The number of aromatic nitrogens is 3. The predicted octanol–water partition coefficient (Wildman–Crippen LogP) is 14.3. The molecule has 0 aliphatic carbocycles. The number of rotatable bonds is 5. The van der Waals surface area contributed by atoms with Crippen LogP contribution in [0, 0.1) is 0 Å². The van der Waals surface area contributed by atoms with E-state index in [-0.39, 0.29) is 49.3 Å². The number of hydrogen-bond acceptors (Lipinski definition) is 0. The Hall–Kier alpha value is -7.62. The third-order valence-corrected chi connectivity index (χ3v) is 10.2. The molecule has 0 aliphatic rings. The Morgan fingerprint density at radius 2 is 0.895 bits per heavy atom. The Labute approximate surface area is 359 Å². The van der Waals surface area contributed by atoms with Crippen molar-refractivity contribution in [1.29, 1.82) is 0 Å². The molecule has 0 N–H and O–H groups in total. The first-order valence-electron chi connectivity index (χ1n) is 28.4. The van der Waals surface area contributed by atoms with Gasteiger partial charge in [-0.1, -0.05) is 145 Å². The molecule has 12 rings (SSSR count). The lowest BCUT2D eigenvalue weighted by atomic mass is 9.98. The van der Waals surface area contributed by atoms with Crippen LogP contribution in [0.4, 0.5) is 0 Å². The second kappa shape index (κ2) is 12.5. The molecule has 0 saturated carbocycles. The van der Waals surface area contributed by atoms with E-state index in [1.165, 1.54) is 9.13 Å². The minimum atomic E-state index is -0.863. The fraction of sp³-hybridized carbons (Fsp3) is 0. The molecule has 0 aliphatic heterocycles. The monoisotopic (exact) mass is 746 g/mol. The summed E-state index contributed by atoms with van der Waals surface area (Å²) in [4.78, 5) is 0. The molecule has 3 aromatic heterocycles. The van der Waals surface area contributed by atoms with Crippen LogP contribution in [0.1, 0.15) is 28.8 Å². The van der Waals surface area contributed by atoms with Crippen LogP contribution in [-0.4, -0.2) is 13.7 Å². The van der Waals surface area contributed by atoms with E-state index in [0.717, 1.165) is 4.57 Å². The summed E-state index contributed by atoms with van der Waals surface area (Å²) in [5.41, 5.74) is -1.64. The van der Waals surface area contributed by atoms with Crippen molar-refractivity contribution in [3.8, 4) is 39.3 Å². The maximum absolute atomic E-state index is 10.2. The van der Waals surface area contributed by atoms with Gasteiger partial charge in [0, 0.05) is 49.3 Å². The summed E-state index contributed by atoms with van der Waals surface area (Å²) < 4.78 is 200. The van der Waals surface area contributed by atoms with E-state index in [2.05, 4.69) is 0 Å². The van der Waals surface area contributed by atoms with Gasteiger partial charge in [-0.05, 0) is 83.2 Å². The Morgan fingerprint density at radius 1 is 0.316 bits per heavy atom. The maximum Gasteiger partial charge on any atom is 0.0667 e. The van der Waals surface area contributed by atoms with Crippen LogP contribution in [0.5, 0.6) is 0 Å². The van der Waals surface area contributed by atoms with Crippen LogP contribution in [0.15, 0.2) is 212 Å². The Morgan fingerprint density at radius 3 is 1.67 bits per heavy atom. The van der Waals surface area contributed by atoms with Crippen molar-refractivity contribution in [3.63, 3.8) is 0 Å². The number of hydrogen-bond donors (Lipinski definition) is 0. The average molecular weight is 747 g/mol. The Balaban J connectivity index is 1.30. The second-order valence-corrected chi connectivity index (χ2v) is 13.3. The molecule has 266 valence electrons. The van der Waals surface area contributed by atoms with Crippen LogP contribution < -0.4 is 0 Å². The third-order valence-electron chi connectivity index (χ3n) is 10.2. The first-order valence-corrected chi connectivity index (χ1v) is 17.9. The maximum atomic E-state index is 10.2. The Bertz CT molecular complexity index is 4740. The van der Waals surface area contributed by atoms with Gasteiger partial charge in [0.2, 0.25) is 0 Å². The average Bonchev–Trinajstić information content (AvgIpc) is 3.88. The van der Waals surface area contributed by atoms with Crippen LogP contribution >= 0.6 is 0 Å². The summed E-state index contributed by atoms with van der Waals surface area (Å²) in [6.07, 6.45) is 0. The molecule has 0 radical (unpaired) electrons. The van der Waals surface area contributed by atoms with E-state index in [9.17, 15) is 17.8 Å². The molecule has 0 atom stereocenters. The highest BCUT2D eigenvalue weighted by molar-refractivity contribution is 6.18. The van der Waals surface area contributed by atoms with Gasteiger partial charge in [0.1, 0.15) is 0 Å². The van der Waals surface area contributed by atoms with Gasteiger partial charge < -0.3 is 13.7 Å². The zero-order valence-corrected chi connectivity index (χ0v) is 29.4. The van der Waals surface area contributed by atoms with E-state index in [4.69, 9.17) is 11.0 Å². The second-order valence-electron chi connectivity index (χ2n) is 13.3. The molecular formula is C54H35N3. The highest BCUT2D eigenvalue weighted by Crippen LogP contribution is 2.43. The smallest absolute Gasteiger partial charge is 0.0667 e. The van der Waals surface area contributed by atoms with Crippen LogP contribution in [-0.2, 0) is 0 Å². The van der Waals surface area contributed by atoms with Gasteiger partial charge >= 0.3 is 0 Å². The van der Waals surface area contributed by atoms with Crippen LogP contribution in [0.3, 0.4) is 0 Å². The zero-order chi connectivity index (χ0) is 55.7. The molecule has 0 saturated heterocycles. The van der Waals surface area contributed by atoms with Gasteiger partial charge in [0.15, 0.2) is 0 Å². The van der Waals surface area contributed by atoms with Crippen molar-refractivity contribution in [3.05, 3.63) is 212 Å². The summed E-state index contributed by atoms with van der Waals surface area (Å²) in [5.74, 6) is 0. The number of fused-ring (bicyclic) bond motifs is 9. The molecule has 0 spiro atoms. The summed E-state index contributed by atoms with van der Waals surface area (Å²) in [6, 6.07) is 9.17. The SMILES string of the molecule is [2H]c1c([2H])c([2H])c2c(c1[2H])c1c([2H])c([2H])c(-n3c4c([2H])c([2H])c([2H])c([2H])c4c4c([2H])c(-c5c([2H])c([2H])c([2H])c6c5c5c([2H])c([2H])c([2H])c([2H])c5n6-c5ccccc5-c5ccccc5)c([2H])c([2H])c43)c([2H])c1n2-c1ccccc1. The lowest BCUT2D eigenvalue weighted by Crippen LogP contribution is -1.97. The van der Waals surface area contributed by atoms with E-state index < -0.39 is 166 Å². The molecule has 0 unspecified atom stereocenters. The number of benzene rings is 9. The predicted molar refractivity (Wildman–Crippen MR) is 240 cm³/mol. The normalized spacial score (nSPS) is 17.0. The molecule has 3 heteroatoms. The molecule has 3 heterocycles. The van der Waals surface area contributed by atoms with Gasteiger partial charge in [0.25, 0.3) is 0 Å². The van der Waals surface area contributed by atoms with Crippen LogP contribution in [0.25, 0.3) is 105 Å². The van der Waals surface area contributed by atoms with Crippen molar-refractivity contribution >= 4 is 65.4 Å². The third kappa shape index (κ3) is 4.73. The van der Waals surface area contributed by atoms with E-state index in [1.807, 2.05) is 12.1 Å². The fourth-order valence-corrected chi connectivity index (χ4v) is 7.84. The zero-order valence-electron chi connectivity index (χ0n) is 50.4. The van der Waals surface area contributed by atoms with E-state index in [1.54, 1.807) is 72.8 Å². The quantitative estimate of drug-likeness (QED) is 0.167. The van der Waals surface area contributed by atoms with Gasteiger partial charge in [-0.25, -0.2) is 0 Å². The van der Waals surface area contributed by atoms with Gasteiger partial charge in [0.05, 0.1) is 67.6 Å². The molecule has 0 amide bonds. The highest BCUT2D eigenvalue weighted by atomic mass is 15.0. The van der Waals surface area contributed by atoms with Crippen molar-refractivity contribution in [2.75, 3.05) is 0 Å². The summed E-state index contributed by atoms with van der Waals surface area (Å²) >= 11 is 0. The molecule has 0 fully saturated rings. The largest absolute Gasteiger partial charge is 0.309 e. The molecule has 3 nitrogen and oxygen atoms in total. The molecular weight excluding hydrogens is 691 g/mol. The summed E-state index contributed by atoms with van der Waals surface area (Å²) in [5, 5.41) is -1.83. The minimum absolute atomic E-state index is 0.141. The standard InChI is InChI=1S/C54H35N3/c1-3-16-36(17-4-1)40-20-7-11-25-47(40)57-50-28-14-10-23-45(50)54-41(24-15-29-52(54)57)37-30-33-51-46(34-37)43-22-9-13-27-49(43)56(51)39-31-32-44-42-21-8-12-26-48(42)55(53(44)35-39)38-18-5-2-6-19-38/h1-35H/i8D,9D,10D,12D,13D,14D,15D,21D,22D,23D,24D,26D,27D,28D,29D,30D,31D,32D,33D,34D,35D. The van der Waals surface area contributed by atoms with Crippen molar-refractivity contribution in [2.24, 2.45) is 0 Å². The highest BCUT2D eigenvalue weighted by Gasteiger charge is 2.20. The fourth-order valence-electron chi connectivity index (χ4n) is 7.84. The summed E-state index contributed by atoms with van der Waals surface area (Å²) in [7, 11) is 0. The number of para-hydroxylation sites is 5. The van der Waals surface area contributed by atoms with Gasteiger partial charge in [-0.15, -0.1) is 0 Å². The Kier molecular flexibility index (Phi) is 3.81.